The summed E-state index contributed by atoms with van der Waals surface area (Å²) < 4.78 is 0. The maximum Gasteiger partial charge on any atom is 0.132 e. The molecular formula is C16H18ClN3. The van der Waals surface area contributed by atoms with E-state index in [4.69, 9.17) is 11.6 Å². The number of likely N-dealkylation sites (tertiary alicyclic amines) is 1. The number of benzene rings is 1. The zero-order valence-corrected chi connectivity index (χ0v) is 12.3. The molecule has 0 saturated carbocycles. The van der Waals surface area contributed by atoms with Crippen molar-refractivity contribution < 1.29 is 0 Å². The average molecular weight is 288 g/mol. The van der Waals surface area contributed by atoms with Crippen molar-refractivity contribution in [1.82, 2.24) is 14.9 Å². The van der Waals surface area contributed by atoms with Crippen molar-refractivity contribution in [2.24, 2.45) is 0 Å². The Morgan fingerprint density at radius 3 is 2.80 bits per heavy atom. The number of hydrogen-bond acceptors (Lipinski definition) is 3. The molecule has 0 spiro atoms. The van der Waals surface area contributed by atoms with Gasteiger partial charge in [0.05, 0.1) is 0 Å². The fourth-order valence-electron chi connectivity index (χ4n) is 2.70. The fraction of sp³-hybridized carbons (Fsp3) is 0.375. The molecule has 0 bridgehead atoms. The minimum atomic E-state index is 0.460. The molecule has 1 aromatic heterocycles. The first-order valence-electron chi connectivity index (χ1n) is 6.97. The number of hydrogen-bond donors (Lipinski definition) is 0. The van der Waals surface area contributed by atoms with Crippen LogP contribution in [0.2, 0.25) is 5.02 Å². The predicted molar refractivity (Wildman–Crippen MR) is 80.9 cm³/mol. The van der Waals surface area contributed by atoms with Gasteiger partial charge in [0.1, 0.15) is 5.82 Å². The molecule has 0 radical (unpaired) electrons. The van der Waals surface area contributed by atoms with Gasteiger partial charge in [-0.1, -0.05) is 23.7 Å². The van der Waals surface area contributed by atoms with Gasteiger partial charge in [0.25, 0.3) is 0 Å². The van der Waals surface area contributed by atoms with Crippen LogP contribution >= 0.6 is 11.6 Å². The molecule has 0 aliphatic carbocycles. The Balaban J connectivity index is 1.63. The second-order valence-electron chi connectivity index (χ2n) is 5.40. The van der Waals surface area contributed by atoms with Crippen LogP contribution in [0.4, 0.5) is 0 Å². The normalized spacial score (nSPS) is 19.4. The van der Waals surface area contributed by atoms with Crippen LogP contribution < -0.4 is 0 Å². The summed E-state index contributed by atoms with van der Waals surface area (Å²) in [6.45, 7) is 5.13. The van der Waals surface area contributed by atoms with E-state index in [0.717, 1.165) is 42.6 Å². The topological polar surface area (TPSA) is 29.0 Å². The van der Waals surface area contributed by atoms with Gasteiger partial charge in [0, 0.05) is 35.9 Å². The van der Waals surface area contributed by atoms with Crippen molar-refractivity contribution in [3.63, 3.8) is 0 Å². The van der Waals surface area contributed by atoms with E-state index < -0.39 is 0 Å². The third-order valence-corrected chi connectivity index (χ3v) is 4.02. The molecule has 3 rings (SSSR count). The molecule has 104 valence electrons. The van der Waals surface area contributed by atoms with E-state index in [0.29, 0.717) is 5.92 Å². The van der Waals surface area contributed by atoms with Crippen LogP contribution in [0.15, 0.2) is 36.5 Å². The second kappa shape index (κ2) is 5.90. The zero-order valence-electron chi connectivity index (χ0n) is 11.6. The summed E-state index contributed by atoms with van der Waals surface area (Å²) in [5.74, 6) is 1.45. The lowest BCUT2D eigenvalue weighted by Crippen LogP contribution is -2.20. The Morgan fingerprint density at radius 1 is 1.25 bits per heavy atom. The smallest absolute Gasteiger partial charge is 0.132 e. The van der Waals surface area contributed by atoms with Gasteiger partial charge in [0.15, 0.2) is 0 Å². The largest absolute Gasteiger partial charge is 0.298 e. The standard InChI is InChI=1S/C16H18ClN3/c1-12-6-8-18-16(19-12)14-7-9-20(11-14)10-13-2-4-15(17)5-3-13/h2-6,8,14H,7,9-11H2,1H3/t14-/m1/s1. The Bertz CT molecular complexity index is 583. The van der Waals surface area contributed by atoms with E-state index in [-0.39, 0.29) is 0 Å². The first-order chi connectivity index (χ1) is 9.70. The molecule has 0 unspecified atom stereocenters. The molecule has 0 amide bonds. The van der Waals surface area contributed by atoms with Crippen LogP contribution in [0, 0.1) is 6.92 Å². The van der Waals surface area contributed by atoms with E-state index in [1.807, 2.05) is 31.3 Å². The van der Waals surface area contributed by atoms with Crippen molar-refractivity contribution in [1.29, 1.82) is 0 Å². The summed E-state index contributed by atoms with van der Waals surface area (Å²) in [5, 5.41) is 0.793. The minimum absolute atomic E-state index is 0.460. The fourth-order valence-corrected chi connectivity index (χ4v) is 2.83. The molecule has 0 N–H and O–H groups in total. The molecule has 1 fully saturated rings. The highest BCUT2D eigenvalue weighted by atomic mass is 35.5. The maximum atomic E-state index is 5.92. The number of aryl methyl sites for hydroxylation is 1. The molecule has 1 atom stereocenters. The number of halogens is 1. The number of nitrogens with zero attached hydrogens (tertiary/aromatic N) is 3. The first-order valence-corrected chi connectivity index (χ1v) is 7.35. The van der Waals surface area contributed by atoms with E-state index >= 15 is 0 Å². The molecule has 1 saturated heterocycles. The molecule has 4 heteroatoms. The Kier molecular flexibility index (Phi) is 3.99. The summed E-state index contributed by atoms with van der Waals surface area (Å²) in [5.41, 5.74) is 2.35. The molecule has 1 aliphatic heterocycles. The summed E-state index contributed by atoms with van der Waals surface area (Å²) >= 11 is 5.92. The lowest BCUT2D eigenvalue weighted by Gasteiger charge is -2.15. The number of rotatable bonds is 3. The zero-order chi connectivity index (χ0) is 13.9. The van der Waals surface area contributed by atoms with Crippen molar-refractivity contribution >= 4 is 11.6 Å². The van der Waals surface area contributed by atoms with E-state index in [1.165, 1.54) is 5.56 Å². The van der Waals surface area contributed by atoms with Crippen LogP contribution in [0.25, 0.3) is 0 Å². The molecule has 1 aliphatic rings. The lowest BCUT2D eigenvalue weighted by atomic mass is 10.1. The summed E-state index contributed by atoms with van der Waals surface area (Å²) in [7, 11) is 0. The van der Waals surface area contributed by atoms with Gasteiger partial charge in [-0.15, -0.1) is 0 Å². The van der Waals surface area contributed by atoms with Gasteiger partial charge < -0.3 is 0 Å². The van der Waals surface area contributed by atoms with Gasteiger partial charge >= 0.3 is 0 Å². The van der Waals surface area contributed by atoms with Gasteiger partial charge in [-0.25, -0.2) is 9.97 Å². The molecule has 20 heavy (non-hydrogen) atoms. The lowest BCUT2D eigenvalue weighted by molar-refractivity contribution is 0.325. The van der Waals surface area contributed by atoms with Crippen LogP contribution in [0.5, 0.6) is 0 Å². The third-order valence-electron chi connectivity index (χ3n) is 3.77. The van der Waals surface area contributed by atoms with Gasteiger partial charge in [0.2, 0.25) is 0 Å². The van der Waals surface area contributed by atoms with E-state index in [1.54, 1.807) is 0 Å². The second-order valence-corrected chi connectivity index (χ2v) is 5.84. The van der Waals surface area contributed by atoms with Gasteiger partial charge in [-0.3, -0.25) is 4.90 Å². The summed E-state index contributed by atoms with van der Waals surface area (Å²) in [6, 6.07) is 10.0. The van der Waals surface area contributed by atoms with Crippen LogP contribution in [0.1, 0.15) is 29.4 Å². The molecule has 2 heterocycles. The van der Waals surface area contributed by atoms with Crippen molar-refractivity contribution in [3.8, 4) is 0 Å². The highest BCUT2D eigenvalue weighted by Crippen LogP contribution is 2.26. The number of aromatic nitrogens is 2. The third kappa shape index (κ3) is 3.17. The first kappa shape index (κ1) is 13.5. The highest BCUT2D eigenvalue weighted by Gasteiger charge is 2.25. The van der Waals surface area contributed by atoms with E-state index in [9.17, 15) is 0 Å². The Labute approximate surface area is 124 Å². The quantitative estimate of drug-likeness (QED) is 0.866. The molecule has 3 nitrogen and oxygen atoms in total. The van der Waals surface area contributed by atoms with E-state index in [2.05, 4.69) is 27.0 Å². The van der Waals surface area contributed by atoms with Crippen LogP contribution in [-0.4, -0.2) is 28.0 Å². The Hall–Kier alpha value is -1.45. The monoisotopic (exact) mass is 287 g/mol. The van der Waals surface area contributed by atoms with Crippen LogP contribution in [-0.2, 0) is 6.54 Å². The predicted octanol–water partition coefficient (Wildman–Crippen LogP) is 3.43. The molecule has 2 aromatic rings. The highest BCUT2D eigenvalue weighted by molar-refractivity contribution is 6.30. The van der Waals surface area contributed by atoms with Crippen molar-refractivity contribution in [2.75, 3.05) is 13.1 Å². The van der Waals surface area contributed by atoms with Crippen molar-refractivity contribution in [2.45, 2.75) is 25.8 Å². The Morgan fingerprint density at radius 2 is 2.05 bits per heavy atom. The minimum Gasteiger partial charge on any atom is -0.298 e. The van der Waals surface area contributed by atoms with Gasteiger partial charge in [-0.05, 0) is 43.7 Å². The van der Waals surface area contributed by atoms with Crippen molar-refractivity contribution in [3.05, 3.63) is 58.6 Å². The molecular weight excluding hydrogens is 270 g/mol. The average Bonchev–Trinajstić information content (AvgIpc) is 2.90. The SMILES string of the molecule is Cc1ccnc([C@@H]2CCN(Cc3ccc(Cl)cc3)C2)n1. The molecule has 1 aromatic carbocycles. The maximum absolute atomic E-state index is 5.92. The summed E-state index contributed by atoms with van der Waals surface area (Å²) in [6.07, 6.45) is 3.00. The van der Waals surface area contributed by atoms with Gasteiger partial charge in [-0.2, -0.15) is 0 Å². The summed E-state index contributed by atoms with van der Waals surface area (Å²) in [4.78, 5) is 11.4. The van der Waals surface area contributed by atoms with Crippen LogP contribution in [0.3, 0.4) is 0 Å².